The van der Waals surface area contributed by atoms with Crippen molar-refractivity contribution in [1.29, 1.82) is 0 Å². The SMILES string of the molecule is Cc1ccc(NCCNC(=O)c2cccc(-c3ncon3)c2)nn1. The Balaban J connectivity index is 1.52. The van der Waals surface area contributed by atoms with Crippen molar-refractivity contribution in [1.82, 2.24) is 25.7 Å². The maximum Gasteiger partial charge on any atom is 0.251 e. The van der Waals surface area contributed by atoms with Gasteiger partial charge in [-0.25, -0.2) is 0 Å². The fourth-order valence-electron chi connectivity index (χ4n) is 2.06. The maximum absolute atomic E-state index is 12.2. The normalized spacial score (nSPS) is 10.4. The average Bonchev–Trinajstić information content (AvgIpc) is 3.15. The second-order valence-electron chi connectivity index (χ2n) is 5.08. The lowest BCUT2D eigenvalue weighted by atomic mass is 10.1. The average molecular weight is 324 g/mol. The summed E-state index contributed by atoms with van der Waals surface area (Å²) in [6, 6.07) is 10.8. The van der Waals surface area contributed by atoms with E-state index in [1.165, 1.54) is 6.39 Å². The zero-order valence-corrected chi connectivity index (χ0v) is 13.1. The van der Waals surface area contributed by atoms with E-state index in [4.69, 9.17) is 4.52 Å². The fourth-order valence-corrected chi connectivity index (χ4v) is 2.06. The Morgan fingerprint density at radius 1 is 1.17 bits per heavy atom. The van der Waals surface area contributed by atoms with Crippen molar-refractivity contribution < 1.29 is 9.32 Å². The van der Waals surface area contributed by atoms with E-state index in [2.05, 4.69) is 31.0 Å². The quantitative estimate of drug-likeness (QED) is 0.664. The molecule has 3 rings (SSSR count). The zero-order valence-electron chi connectivity index (χ0n) is 13.1. The largest absolute Gasteiger partial charge is 0.367 e. The van der Waals surface area contributed by atoms with Crippen LogP contribution in [0.2, 0.25) is 0 Å². The molecule has 2 N–H and O–H groups in total. The number of carbonyl (C=O) groups excluding carboxylic acids is 1. The first kappa shape index (κ1) is 15.6. The molecule has 24 heavy (non-hydrogen) atoms. The Bertz CT molecular complexity index is 802. The van der Waals surface area contributed by atoms with Gasteiger partial charge in [0, 0.05) is 24.2 Å². The molecular formula is C16H16N6O2. The number of nitrogens with zero attached hydrogens (tertiary/aromatic N) is 4. The molecule has 122 valence electrons. The summed E-state index contributed by atoms with van der Waals surface area (Å²) in [7, 11) is 0. The van der Waals surface area contributed by atoms with Gasteiger partial charge in [0.1, 0.15) is 5.82 Å². The lowest BCUT2D eigenvalue weighted by Gasteiger charge is -2.07. The zero-order chi connectivity index (χ0) is 16.8. The molecule has 2 aromatic heterocycles. The third-order valence-corrected chi connectivity index (χ3v) is 3.26. The predicted octanol–water partition coefficient (Wildman–Crippen LogP) is 1.68. The van der Waals surface area contributed by atoms with E-state index >= 15 is 0 Å². The van der Waals surface area contributed by atoms with Crippen LogP contribution in [0.5, 0.6) is 0 Å². The van der Waals surface area contributed by atoms with Gasteiger partial charge in [0.2, 0.25) is 12.2 Å². The second kappa shape index (κ2) is 7.32. The first-order chi connectivity index (χ1) is 11.7. The Labute approximate surface area is 138 Å². The minimum Gasteiger partial charge on any atom is -0.367 e. The van der Waals surface area contributed by atoms with Gasteiger partial charge in [-0.1, -0.05) is 17.3 Å². The van der Waals surface area contributed by atoms with Gasteiger partial charge in [-0.2, -0.15) is 10.1 Å². The van der Waals surface area contributed by atoms with Gasteiger partial charge in [-0.15, -0.1) is 5.10 Å². The first-order valence-corrected chi connectivity index (χ1v) is 7.41. The second-order valence-corrected chi connectivity index (χ2v) is 5.08. The maximum atomic E-state index is 12.2. The summed E-state index contributed by atoms with van der Waals surface area (Å²) >= 11 is 0. The molecule has 0 saturated heterocycles. The van der Waals surface area contributed by atoms with Crippen LogP contribution in [0.4, 0.5) is 5.82 Å². The Kier molecular flexibility index (Phi) is 4.76. The summed E-state index contributed by atoms with van der Waals surface area (Å²) in [6.07, 6.45) is 1.25. The molecule has 0 atom stereocenters. The third kappa shape index (κ3) is 3.92. The van der Waals surface area contributed by atoms with Gasteiger partial charge in [0.15, 0.2) is 0 Å². The van der Waals surface area contributed by atoms with E-state index in [0.717, 1.165) is 11.3 Å². The number of nitrogens with one attached hydrogen (secondary N) is 2. The van der Waals surface area contributed by atoms with Gasteiger partial charge < -0.3 is 15.2 Å². The van der Waals surface area contributed by atoms with Crippen molar-refractivity contribution in [2.45, 2.75) is 6.92 Å². The molecule has 0 unspecified atom stereocenters. The van der Waals surface area contributed by atoms with E-state index in [1.807, 2.05) is 25.1 Å². The number of amides is 1. The summed E-state index contributed by atoms with van der Waals surface area (Å²) in [6.45, 7) is 2.88. The summed E-state index contributed by atoms with van der Waals surface area (Å²) in [5.41, 5.74) is 2.12. The third-order valence-electron chi connectivity index (χ3n) is 3.26. The fraction of sp³-hybridized carbons (Fsp3) is 0.188. The predicted molar refractivity (Wildman–Crippen MR) is 87.3 cm³/mol. The molecule has 0 aliphatic heterocycles. The van der Waals surface area contributed by atoms with E-state index < -0.39 is 0 Å². The molecule has 2 heterocycles. The van der Waals surface area contributed by atoms with E-state index in [1.54, 1.807) is 18.2 Å². The molecule has 0 aliphatic carbocycles. The van der Waals surface area contributed by atoms with Crippen molar-refractivity contribution in [3.63, 3.8) is 0 Å². The molecule has 0 radical (unpaired) electrons. The van der Waals surface area contributed by atoms with Crippen LogP contribution in [-0.4, -0.2) is 39.3 Å². The van der Waals surface area contributed by atoms with Gasteiger partial charge in [0.05, 0.1) is 5.69 Å². The molecule has 0 aliphatic rings. The lowest BCUT2D eigenvalue weighted by molar-refractivity contribution is 0.0955. The minimum absolute atomic E-state index is 0.169. The van der Waals surface area contributed by atoms with E-state index in [0.29, 0.717) is 30.3 Å². The number of benzene rings is 1. The Morgan fingerprint density at radius 3 is 2.83 bits per heavy atom. The highest BCUT2D eigenvalue weighted by atomic mass is 16.5. The number of aryl methyl sites for hydroxylation is 1. The molecule has 1 amide bonds. The number of hydrogen-bond donors (Lipinski definition) is 2. The highest BCUT2D eigenvalue weighted by Crippen LogP contribution is 2.15. The van der Waals surface area contributed by atoms with Gasteiger partial charge in [0.25, 0.3) is 5.91 Å². The van der Waals surface area contributed by atoms with Crippen LogP contribution in [0.3, 0.4) is 0 Å². The van der Waals surface area contributed by atoms with Gasteiger partial charge >= 0.3 is 0 Å². The van der Waals surface area contributed by atoms with Crippen LogP contribution >= 0.6 is 0 Å². The summed E-state index contributed by atoms with van der Waals surface area (Å²) in [4.78, 5) is 16.2. The molecule has 0 fully saturated rings. The molecule has 1 aromatic carbocycles. The Hall–Kier alpha value is -3.29. The van der Waals surface area contributed by atoms with Gasteiger partial charge in [-0.3, -0.25) is 4.79 Å². The number of rotatable bonds is 6. The van der Waals surface area contributed by atoms with Crippen molar-refractivity contribution in [3.05, 3.63) is 54.0 Å². The minimum atomic E-state index is -0.169. The molecule has 0 saturated carbocycles. The molecule has 8 nitrogen and oxygen atoms in total. The van der Waals surface area contributed by atoms with Crippen LogP contribution in [0.25, 0.3) is 11.4 Å². The van der Waals surface area contributed by atoms with Crippen LogP contribution in [0, 0.1) is 6.92 Å². The molecule has 3 aromatic rings. The number of carbonyl (C=O) groups is 1. The van der Waals surface area contributed by atoms with E-state index in [9.17, 15) is 4.79 Å². The van der Waals surface area contributed by atoms with Crippen LogP contribution < -0.4 is 10.6 Å². The van der Waals surface area contributed by atoms with Crippen molar-refractivity contribution in [2.75, 3.05) is 18.4 Å². The highest BCUT2D eigenvalue weighted by molar-refractivity contribution is 5.95. The lowest BCUT2D eigenvalue weighted by Crippen LogP contribution is -2.28. The molecule has 8 heteroatoms. The Morgan fingerprint density at radius 2 is 2.08 bits per heavy atom. The monoisotopic (exact) mass is 324 g/mol. The summed E-state index contributed by atoms with van der Waals surface area (Å²) < 4.78 is 4.72. The van der Waals surface area contributed by atoms with Crippen molar-refractivity contribution in [3.8, 4) is 11.4 Å². The molecule has 0 bridgehead atoms. The van der Waals surface area contributed by atoms with E-state index in [-0.39, 0.29) is 5.91 Å². The summed E-state index contributed by atoms with van der Waals surface area (Å²) in [5, 5.41) is 17.6. The van der Waals surface area contributed by atoms with Crippen molar-refractivity contribution >= 4 is 11.7 Å². The topological polar surface area (TPSA) is 106 Å². The van der Waals surface area contributed by atoms with Crippen LogP contribution in [0.15, 0.2) is 47.3 Å². The standard InChI is InChI=1S/C16H16N6O2/c1-11-5-6-14(21-20-11)17-7-8-18-16(23)13-4-2-3-12(9-13)15-19-10-24-22-15/h2-6,9-10H,7-8H2,1H3,(H,17,21)(H,18,23). The number of hydrogen-bond acceptors (Lipinski definition) is 7. The number of aromatic nitrogens is 4. The van der Waals surface area contributed by atoms with Crippen molar-refractivity contribution in [2.24, 2.45) is 0 Å². The van der Waals surface area contributed by atoms with Gasteiger partial charge in [-0.05, 0) is 31.2 Å². The molecular weight excluding hydrogens is 308 g/mol. The first-order valence-electron chi connectivity index (χ1n) is 7.41. The smallest absolute Gasteiger partial charge is 0.251 e. The molecule has 0 spiro atoms. The van der Waals surface area contributed by atoms with Crippen LogP contribution in [-0.2, 0) is 0 Å². The number of anilines is 1. The highest BCUT2D eigenvalue weighted by Gasteiger charge is 2.08. The van der Waals surface area contributed by atoms with Crippen LogP contribution in [0.1, 0.15) is 16.1 Å². The summed E-state index contributed by atoms with van der Waals surface area (Å²) in [5.74, 6) is 0.954.